The van der Waals surface area contributed by atoms with E-state index in [2.05, 4.69) is 256 Å². The summed E-state index contributed by atoms with van der Waals surface area (Å²) in [5, 5.41) is 13.8. The highest BCUT2D eigenvalue weighted by atomic mass is 15.0. The summed E-state index contributed by atoms with van der Waals surface area (Å²) in [6, 6.07) is 77.0. The van der Waals surface area contributed by atoms with Crippen LogP contribution in [0.15, 0.2) is 243 Å². The fourth-order valence-electron chi connectivity index (χ4n) is 14.7. The molecule has 0 saturated heterocycles. The van der Waals surface area contributed by atoms with Gasteiger partial charge in [0.1, 0.15) is 43.3 Å². The first-order valence-corrected chi connectivity index (χ1v) is 31.8. The van der Waals surface area contributed by atoms with Crippen LogP contribution in [0.4, 0.5) is 0 Å². The monoisotopic (exact) mass is 1260 g/mol. The van der Waals surface area contributed by atoms with Crippen LogP contribution >= 0.6 is 0 Å². The molecule has 0 aliphatic carbocycles. The van der Waals surface area contributed by atoms with Gasteiger partial charge in [-0.25, -0.2) is 4.98 Å². The Bertz CT molecular complexity index is 6130. The predicted octanol–water partition coefficient (Wildman–Crippen LogP) is 21.4. The summed E-state index contributed by atoms with van der Waals surface area (Å²) >= 11 is 0. The maximum absolute atomic E-state index is 8.29. The molecular weight excluding hydrogens is 1170 g/mol. The van der Waals surface area contributed by atoms with E-state index in [4.69, 9.17) is 13.2 Å². The molecule has 10 aromatic carbocycles. The number of hydrogen-bond acceptors (Lipinski definition) is 1. The number of benzene rings is 10. The third-order valence-corrected chi connectivity index (χ3v) is 19.4. The number of nitrogens with zero attached hydrogens (tertiary/aromatic N) is 7. The summed E-state index contributed by atoms with van der Waals surface area (Å²) in [5.41, 5.74) is 23.5. The lowest BCUT2D eigenvalue weighted by Gasteiger charge is -2.09. The first-order valence-electron chi connectivity index (χ1n) is 34.8. The number of hydrogen-bond donors (Lipinski definition) is 0. The van der Waals surface area contributed by atoms with Gasteiger partial charge in [-0.05, 0) is 150 Å². The van der Waals surface area contributed by atoms with Crippen molar-refractivity contribution in [1.82, 2.24) is 18.7 Å². The van der Waals surface area contributed by atoms with Crippen molar-refractivity contribution in [3.05, 3.63) is 277 Å². The Labute approximate surface area is 574 Å². The SMILES string of the molecule is C.C.C.Cc1ccc(-c2ccc3c(ccc4c3c3cc[n+](C)c(-c5ccccc5C)c3n4C)c2)cc1.Cc1ccccc1-c1c2c(cc[n+]1C)c1c3ccc(-c4ccccc4)cc3ccc1n2C.[2H]C([2H])([2H])c1ccc(-c2c3c(c(C([2H])([2H])[2H])c[n+]2C)c2c4ccccc4cnc2n3C)c(C)c1. The predicted molar refractivity (Wildman–Crippen MR) is 411 cm³/mol. The van der Waals surface area contributed by atoms with Crippen LogP contribution in [0.25, 0.3) is 154 Å². The van der Waals surface area contributed by atoms with Gasteiger partial charge in [0.25, 0.3) is 0 Å². The number of aryl methyl sites for hydroxylation is 12. The van der Waals surface area contributed by atoms with Crippen molar-refractivity contribution in [2.24, 2.45) is 42.3 Å². The van der Waals surface area contributed by atoms with Gasteiger partial charge in [0.15, 0.2) is 18.6 Å². The van der Waals surface area contributed by atoms with Crippen LogP contribution in [-0.4, -0.2) is 18.7 Å². The molecule has 0 radical (unpaired) electrons. The smallest absolute Gasteiger partial charge is 0.237 e. The Kier molecular flexibility index (Phi) is 15.4. The molecule has 0 aliphatic rings. The van der Waals surface area contributed by atoms with E-state index in [1.54, 1.807) is 18.3 Å². The van der Waals surface area contributed by atoms with Gasteiger partial charge in [0.2, 0.25) is 17.1 Å². The molecule has 0 spiro atoms. The van der Waals surface area contributed by atoms with Crippen LogP contribution < -0.4 is 13.7 Å². The Morgan fingerprint density at radius 3 is 1.36 bits per heavy atom. The highest BCUT2D eigenvalue weighted by molar-refractivity contribution is 6.25. The summed E-state index contributed by atoms with van der Waals surface area (Å²) in [6.07, 6.45) is 7.87. The minimum atomic E-state index is -2.33. The molecular formula is C89H88N7+3. The van der Waals surface area contributed by atoms with Crippen LogP contribution in [-0.2, 0) is 42.3 Å². The van der Waals surface area contributed by atoms with Gasteiger partial charge in [0.05, 0.1) is 16.7 Å². The molecule has 0 bridgehead atoms. The molecule has 0 atom stereocenters. The van der Waals surface area contributed by atoms with Crippen LogP contribution in [0.1, 0.15) is 63.9 Å². The second kappa shape index (κ2) is 25.7. The molecule has 7 heterocycles. The van der Waals surface area contributed by atoms with E-state index in [1.165, 1.54) is 127 Å². The van der Waals surface area contributed by atoms with Gasteiger partial charge in [-0.1, -0.05) is 197 Å². The van der Waals surface area contributed by atoms with E-state index in [0.717, 1.165) is 38.5 Å². The van der Waals surface area contributed by atoms with Crippen LogP contribution in [0, 0.1) is 41.4 Å². The second-order valence-electron chi connectivity index (χ2n) is 25.2. The quantitative estimate of drug-likeness (QED) is 0.158. The maximum Gasteiger partial charge on any atom is 0.237 e. The number of fused-ring (bicyclic) bond motifs is 15. The zero-order valence-corrected chi connectivity index (χ0v) is 54.2. The third-order valence-electron chi connectivity index (χ3n) is 19.4. The largest absolute Gasteiger partial charge is 0.338 e. The average Bonchev–Trinajstić information content (AvgIpc) is 1.57. The number of pyridine rings is 4. The van der Waals surface area contributed by atoms with E-state index >= 15 is 0 Å². The van der Waals surface area contributed by atoms with E-state index in [-0.39, 0.29) is 33.4 Å². The lowest BCUT2D eigenvalue weighted by molar-refractivity contribution is -0.659. The zero-order chi connectivity index (χ0) is 69.1. The van der Waals surface area contributed by atoms with Gasteiger partial charge in [-0.2, -0.15) is 13.7 Å². The molecule has 7 heteroatoms. The maximum atomic E-state index is 8.29. The van der Waals surface area contributed by atoms with Crippen molar-refractivity contribution < 1.29 is 21.9 Å². The first-order chi connectivity index (χ1) is 47.5. The van der Waals surface area contributed by atoms with E-state index < -0.39 is 13.7 Å². The van der Waals surface area contributed by atoms with Crippen molar-refractivity contribution in [3.63, 3.8) is 0 Å². The van der Waals surface area contributed by atoms with Crippen molar-refractivity contribution in [1.29, 1.82) is 0 Å². The van der Waals surface area contributed by atoms with Crippen LogP contribution in [0.5, 0.6) is 0 Å². The molecule has 0 aliphatic heterocycles. The first kappa shape index (κ1) is 57.6. The fraction of sp³-hybridized carbons (Fsp3) is 0.169. The Balaban J connectivity index is 0.000000142. The highest BCUT2D eigenvalue weighted by Gasteiger charge is 2.28. The molecule has 96 heavy (non-hydrogen) atoms. The Morgan fingerprint density at radius 1 is 0.344 bits per heavy atom. The van der Waals surface area contributed by atoms with Gasteiger partial charge in [-0.3, -0.25) is 0 Å². The summed E-state index contributed by atoms with van der Waals surface area (Å²) in [6.45, 7) is 3.86. The molecule has 0 amide bonds. The lowest BCUT2D eigenvalue weighted by atomic mass is 9.97. The average molecular weight is 1260 g/mol. The molecule has 0 N–H and O–H groups in total. The molecule has 7 nitrogen and oxygen atoms in total. The minimum Gasteiger partial charge on any atom is -0.338 e. The molecule has 0 unspecified atom stereocenters. The summed E-state index contributed by atoms with van der Waals surface area (Å²) in [7, 11) is 12.4. The molecule has 0 fully saturated rings. The van der Waals surface area contributed by atoms with E-state index in [9.17, 15) is 0 Å². The number of rotatable bonds is 5. The summed E-state index contributed by atoms with van der Waals surface area (Å²) < 4.78 is 61.1. The number of aromatic nitrogens is 7. The Morgan fingerprint density at radius 2 is 0.823 bits per heavy atom. The van der Waals surface area contributed by atoms with Crippen LogP contribution in [0.3, 0.4) is 0 Å². The Hall–Kier alpha value is -11.0. The normalized spacial score (nSPS) is 12.5. The van der Waals surface area contributed by atoms with Crippen molar-refractivity contribution in [3.8, 4) is 56.0 Å². The standard InChI is InChI=1S/C31H27N2.C30H25N2.C25H24N3.3CH4/c1-20-9-11-22(12-10-20)23-13-15-26-24(19-23)14-16-28-29(26)27-17-18-32(3)30(31(27)33(28)4)25-8-6-5-7-21(25)2;1-20-9-7-8-12-24(20)29-30-26(17-18-31(29)2)28-25-15-13-22(21-10-5-4-6-11-21)19-23(25)14-16-27(28)32(30)3;1-15-10-11-19(16(2)12-15)23-24-21(17(3)14-27(23)4)22-20-9-7-6-8-18(20)13-26-25(22)28(24)5;;;/h5-19H,1-4H3;4-19H,1-3H3;6-14H,1-5H3;3*1H4/q3*+1;;;/i;;1D3,3D3;;;. The van der Waals surface area contributed by atoms with Crippen molar-refractivity contribution >= 4 is 97.9 Å². The summed E-state index contributed by atoms with van der Waals surface area (Å²) in [5.74, 6) is 0. The molecule has 17 aromatic rings. The minimum absolute atomic E-state index is 0. The molecule has 17 rings (SSSR count). The molecule has 476 valence electrons. The van der Waals surface area contributed by atoms with Gasteiger partial charge in [-0.15, -0.1) is 0 Å². The van der Waals surface area contributed by atoms with Crippen LogP contribution in [0.2, 0.25) is 0 Å². The van der Waals surface area contributed by atoms with E-state index in [1.807, 2.05) is 66.7 Å². The highest BCUT2D eigenvalue weighted by Crippen LogP contribution is 2.43. The second-order valence-corrected chi connectivity index (χ2v) is 25.2. The van der Waals surface area contributed by atoms with Crippen molar-refractivity contribution in [2.75, 3.05) is 0 Å². The fourth-order valence-corrected chi connectivity index (χ4v) is 14.7. The summed E-state index contributed by atoms with van der Waals surface area (Å²) in [4.78, 5) is 4.70. The third kappa shape index (κ3) is 10.7. The van der Waals surface area contributed by atoms with Gasteiger partial charge >= 0.3 is 0 Å². The lowest BCUT2D eigenvalue weighted by Crippen LogP contribution is -2.32. The molecule has 0 saturated carbocycles. The molecule has 7 aromatic heterocycles. The zero-order valence-electron chi connectivity index (χ0n) is 60.2. The van der Waals surface area contributed by atoms with E-state index in [0.29, 0.717) is 11.0 Å². The van der Waals surface area contributed by atoms with Crippen molar-refractivity contribution in [2.45, 2.75) is 63.7 Å². The van der Waals surface area contributed by atoms with Gasteiger partial charge in [0, 0.05) is 102 Å². The van der Waals surface area contributed by atoms with Gasteiger partial charge < -0.3 is 13.7 Å². The topological polar surface area (TPSA) is 39.3 Å².